The molecule has 0 bridgehead atoms. The Labute approximate surface area is 130 Å². The summed E-state index contributed by atoms with van der Waals surface area (Å²) in [5, 5.41) is -0.668. The van der Waals surface area contributed by atoms with E-state index in [1.807, 2.05) is 71.4 Å². The van der Waals surface area contributed by atoms with Crippen LogP contribution in [0.25, 0.3) is 5.69 Å². The maximum absolute atomic E-state index is 13.1. The van der Waals surface area contributed by atoms with Gasteiger partial charge in [-0.25, -0.2) is 0 Å². The van der Waals surface area contributed by atoms with E-state index in [0.29, 0.717) is 10.6 Å². The van der Waals surface area contributed by atoms with Crippen molar-refractivity contribution in [3.05, 3.63) is 84.2 Å². The van der Waals surface area contributed by atoms with Gasteiger partial charge in [-0.15, -0.1) is 0 Å². The van der Waals surface area contributed by atoms with Gasteiger partial charge in [-0.1, -0.05) is 42.5 Å². The third-order valence-electron chi connectivity index (χ3n) is 3.90. The Kier molecular flexibility index (Phi) is 3.05. The molecule has 4 heteroatoms. The number of aromatic nitrogens is 1. The van der Waals surface area contributed by atoms with Crippen LogP contribution in [0.3, 0.4) is 0 Å². The maximum atomic E-state index is 13.1. The van der Waals surface area contributed by atoms with Crippen LogP contribution in [0.15, 0.2) is 77.8 Å². The van der Waals surface area contributed by atoms with Crippen molar-refractivity contribution in [3.63, 3.8) is 0 Å². The van der Waals surface area contributed by atoms with E-state index < -0.39 is 16.0 Å². The second-order valence-electron chi connectivity index (χ2n) is 5.18. The fraction of sp³-hybridized carbons (Fsp3) is 0.0556. The number of nitrogens with zero attached hydrogens (tertiary/aromatic N) is 1. The lowest BCUT2D eigenvalue weighted by molar-refractivity contribution is 0.0982. The average Bonchev–Trinajstić information content (AvgIpc) is 3.02. The molecule has 3 nitrogen and oxygen atoms in total. The molecule has 4 rings (SSSR count). The van der Waals surface area contributed by atoms with Crippen molar-refractivity contribution < 1.29 is 9.00 Å². The molecule has 3 aromatic rings. The molecule has 108 valence electrons. The molecule has 0 fully saturated rings. The fourth-order valence-electron chi connectivity index (χ4n) is 2.88. The molecule has 22 heavy (non-hydrogen) atoms. The Bertz CT molecular complexity index is 883. The van der Waals surface area contributed by atoms with Crippen LogP contribution in [0.5, 0.6) is 0 Å². The SMILES string of the molecule is O=C1c2cccn2-c2ccccc2S(=O)C1c1ccccc1. The summed E-state index contributed by atoms with van der Waals surface area (Å²) in [6, 6.07) is 20.5. The van der Waals surface area contributed by atoms with Crippen molar-refractivity contribution in [1.82, 2.24) is 4.57 Å². The van der Waals surface area contributed by atoms with Crippen LogP contribution in [-0.4, -0.2) is 14.6 Å². The summed E-state index contributed by atoms with van der Waals surface area (Å²) in [6.07, 6.45) is 1.84. The largest absolute Gasteiger partial charge is 0.313 e. The van der Waals surface area contributed by atoms with E-state index >= 15 is 0 Å². The van der Waals surface area contributed by atoms with Gasteiger partial charge in [0.15, 0.2) is 5.78 Å². The number of hydrogen-bond donors (Lipinski definition) is 0. The lowest BCUT2D eigenvalue weighted by Gasteiger charge is -2.13. The first-order chi connectivity index (χ1) is 10.8. The molecule has 0 saturated heterocycles. The number of para-hydroxylation sites is 1. The van der Waals surface area contributed by atoms with Crippen LogP contribution in [0.4, 0.5) is 0 Å². The summed E-state index contributed by atoms with van der Waals surface area (Å²) < 4.78 is 14.9. The molecule has 0 aliphatic carbocycles. The van der Waals surface area contributed by atoms with Crippen molar-refractivity contribution in [2.45, 2.75) is 10.1 Å². The standard InChI is InChI=1S/C18H13NO2S/c20-17-15-10-6-12-19(15)14-9-4-5-11-16(14)22(21)18(17)13-7-2-1-3-8-13/h1-12,18H. The zero-order valence-electron chi connectivity index (χ0n) is 11.7. The number of benzene rings is 2. The van der Waals surface area contributed by atoms with E-state index in [0.717, 1.165) is 11.3 Å². The van der Waals surface area contributed by atoms with Crippen LogP contribution in [0.2, 0.25) is 0 Å². The van der Waals surface area contributed by atoms with Crippen molar-refractivity contribution in [3.8, 4) is 5.69 Å². The van der Waals surface area contributed by atoms with Crippen LogP contribution in [0.1, 0.15) is 21.3 Å². The van der Waals surface area contributed by atoms with Gasteiger partial charge >= 0.3 is 0 Å². The van der Waals surface area contributed by atoms with Gasteiger partial charge in [0.05, 0.1) is 27.1 Å². The molecule has 0 amide bonds. The highest BCUT2D eigenvalue weighted by Gasteiger charge is 2.35. The highest BCUT2D eigenvalue weighted by molar-refractivity contribution is 7.86. The van der Waals surface area contributed by atoms with Gasteiger partial charge in [0.1, 0.15) is 5.25 Å². The summed E-state index contributed by atoms with van der Waals surface area (Å²) in [7, 11) is -1.43. The van der Waals surface area contributed by atoms with Gasteiger partial charge in [-0.3, -0.25) is 9.00 Å². The molecule has 0 spiro atoms. The lowest BCUT2D eigenvalue weighted by atomic mass is 10.1. The van der Waals surface area contributed by atoms with E-state index in [-0.39, 0.29) is 5.78 Å². The fourth-order valence-corrected chi connectivity index (χ4v) is 4.44. The second kappa shape index (κ2) is 5.07. The molecular formula is C18H13NO2S. The van der Waals surface area contributed by atoms with Gasteiger partial charge in [-0.2, -0.15) is 0 Å². The van der Waals surface area contributed by atoms with E-state index in [1.165, 1.54) is 0 Å². The molecular weight excluding hydrogens is 294 g/mol. The highest BCUT2D eigenvalue weighted by Crippen LogP contribution is 2.35. The predicted octanol–water partition coefficient (Wildman–Crippen LogP) is 3.52. The molecule has 1 aliphatic rings. The first kappa shape index (κ1) is 13.2. The van der Waals surface area contributed by atoms with Crippen molar-refractivity contribution in [1.29, 1.82) is 0 Å². The number of fused-ring (bicyclic) bond motifs is 3. The minimum absolute atomic E-state index is 0.106. The van der Waals surface area contributed by atoms with Crippen LogP contribution in [0, 0.1) is 0 Å². The van der Waals surface area contributed by atoms with E-state index in [2.05, 4.69) is 0 Å². The van der Waals surface area contributed by atoms with Crippen LogP contribution < -0.4 is 0 Å². The summed E-state index contributed by atoms with van der Waals surface area (Å²) in [4.78, 5) is 13.7. The smallest absolute Gasteiger partial charge is 0.199 e. The first-order valence-corrected chi connectivity index (χ1v) is 8.25. The van der Waals surface area contributed by atoms with Crippen LogP contribution >= 0.6 is 0 Å². The molecule has 2 aromatic carbocycles. The van der Waals surface area contributed by atoms with E-state index in [9.17, 15) is 9.00 Å². The minimum atomic E-state index is -1.43. The third kappa shape index (κ3) is 1.88. The summed E-state index contributed by atoms with van der Waals surface area (Å²) in [5.74, 6) is -0.106. The number of ketones is 1. The molecule has 0 N–H and O–H groups in total. The number of carbonyl (C=O) groups is 1. The summed E-state index contributed by atoms with van der Waals surface area (Å²) in [6.45, 7) is 0. The maximum Gasteiger partial charge on any atom is 0.199 e. The summed E-state index contributed by atoms with van der Waals surface area (Å²) >= 11 is 0. The van der Waals surface area contributed by atoms with Crippen molar-refractivity contribution in [2.75, 3.05) is 0 Å². The molecule has 0 radical (unpaired) electrons. The van der Waals surface area contributed by atoms with Gasteiger partial charge in [-0.05, 0) is 29.8 Å². The summed E-state index contributed by atoms with van der Waals surface area (Å²) in [5.41, 5.74) is 2.18. The quantitative estimate of drug-likeness (QED) is 0.690. The Morgan fingerprint density at radius 2 is 1.59 bits per heavy atom. The second-order valence-corrected chi connectivity index (χ2v) is 6.69. The average molecular weight is 307 g/mol. The number of hydrogen-bond acceptors (Lipinski definition) is 2. The van der Waals surface area contributed by atoms with Crippen LogP contribution in [-0.2, 0) is 10.8 Å². The van der Waals surface area contributed by atoms with Gasteiger partial charge in [0.25, 0.3) is 0 Å². The van der Waals surface area contributed by atoms with Crippen molar-refractivity contribution in [2.24, 2.45) is 0 Å². The molecule has 1 aromatic heterocycles. The highest BCUT2D eigenvalue weighted by atomic mass is 32.2. The lowest BCUT2D eigenvalue weighted by Crippen LogP contribution is -2.17. The minimum Gasteiger partial charge on any atom is -0.313 e. The van der Waals surface area contributed by atoms with E-state index in [1.54, 1.807) is 6.07 Å². The Morgan fingerprint density at radius 1 is 0.864 bits per heavy atom. The van der Waals surface area contributed by atoms with Gasteiger partial charge < -0.3 is 4.57 Å². The molecule has 2 atom stereocenters. The topological polar surface area (TPSA) is 39.1 Å². The Hall–Kier alpha value is -2.46. The Balaban J connectivity index is 2.01. The predicted molar refractivity (Wildman–Crippen MR) is 85.7 cm³/mol. The third-order valence-corrected chi connectivity index (χ3v) is 5.59. The Morgan fingerprint density at radius 3 is 2.41 bits per heavy atom. The number of Topliss-reactive ketones (excluding diaryl/α,β-unsaturated/α-hetero) is 1. The van der Waals surface area contributed by atoms with Crippen molar-refractivity contribution >= 4 is 16.6 Å². The first-order valence-electron chi connectivity index (χ1n) is 7.04. The number of rotatable bonds is 1. The van der Waals surface area contributed by atoms with Gasteiger partial charge in [0.2, 0.25) is 0 Å². The monoisotopic (exact) mass is 307 g/mol. The normalized spacial score (nSPS) is 20.1. The molecule has 2 heterocycles. The zero-order valence-corrected chi connectivity index (χ0v) is 12.5. The van der Waals surface area contributed by atoms with E-state index in [4.69, 9.17) is 0 Å². The zero-order chi connectivity index (χ0) is 15.1. The molecule has 0 saturated carbocycles. The van der Waals surface area contributed by atoms with Gasteiger partial charge in [0, 0.05) is 6.20 Å². The molecule has 2 unspecified atom stereocenters. The number of carbonyl (C=O) groups excluding carboxylic acids is 1. The molecule has 1 aliphatic heterocycles.